The van der Waals surface area contributed by atoms with Gasteiger partial charge < -0.3 is 18.8 Å². The second kappa shape index (κ2) is 7.41. The third kappa shape index (κ3) is 3.41. The molecule has 0 fully saturated rings. The summed E-state index contributed by atoms with van der Waals surface area (Å²) in [6.07, 6.45) is 0. The number of hydrogen-bond acceptors (Lipinski definition) is 7. The van der Waals surface area contributed by atoms with E-state index in [0.29, 0.717) is 6.07 Å². The average Bonchev–Trinajstić information content (AvgIpc) is 2.62. The fourth-order valence-corrected chi connectivity index (χ4v) is 3.97. The van der Waals surface area contributed by atoms with E-state index in [4.69, 9.17) is 4.74 Å². The number of benzene rings is 1. The Bertz CT molecular complexity index is 1230. The summed E-state index contributed by atoms with van der Waals surface area (Å²) in [5.41, 5.74) is -8.22. The number of carbonyl (C=O) groups is 1. The SMILES string of the molecule is CCOC(=O)c1c(OS(=O)(=O)C(F)(F)F)c2cc(F)c(Br)c3c2n(c1=O)[C@@H](C)CN3. The van der Waals surface area contributed by atoms with Crippen LogP contribution in [0.3, 0.4) is 0 Å². The molecule has 0 spiro atoms. The molecule has 1 aliphatic rings. The normalized spacial score (nSPS) is 16.3. The third-order valence-corrected chi connectivity index (χ3v) is 6.04. The van der Waals surface area contributed by atoms with Crippen molar-refractivity contribution in [1.82, 2.24) is 4.57 Å². The number of halogens is 5. The van der Waals surface area contributed by atoms with Crippen LogP contribution in [-0.2, 0) is 14.9 Å². The van der Waals surface area contributed by atoms with Gasteiger partial charge in [0, 0.05) is 11.9 Å². The van der Waals surface area contributed by atoms with Crippen LogP contribution in [0.4, 0.5) is 23.2 Å². The molecule has 1 N–H and O–H groups in total. The van der Waals surface area contributed by atoms with E-state index >= 15 is 0 Å². The van der Waals surface area contributed by atoms with Crippen LogP contribution in [0.2, 0.25) is 0 Å². The number of ether oxygens (including phenoxy) is 1. The predicted molar refractivity (Wildman–Crippen MR) is 101 cm³/mol. The zero-order valence-electron chi connectivity index (χ0n) is 15.3. The van der Waals surface area contributed by atoms with E-state index in [0.717, 1.165) is 4.57 Å². The van der Waals surface area contributed by atoms with Gasteiger partial charge in [-0.15, -0.1) is 0 Å². The second-order valence-electron chi connectivity index (χ2n) is 6.26. The van der Waals surface area contributed by atoms with Crippen molar-refractivity contribution in [3.63, 3.8) is 0 Å². The summed E-state index contributed by atoms with van der Waals surface area (Å²) >= 11 is 2.98. The van der Waals surface area contributed by atoms with Crippen LogP contribution in [0.25, 0.3) is 10.9 Å². The lowest BCUT2D eigenvalue weighted by Gasteiger charge is -2.29. The standard InChI is InChI=1S/C16H13BrF4N2O6S/c1-3-28-15(25)9-13(29-30(26,27)16(19,20)21)7-4-8(18)10(17)11-12(7)23(14(9)24)6(2)5-22-11/h4,6,22H,3,5H2,1-2H3/t6-/m0/s1. The molecule has 0 saturated heterocycles. The van der Waals surface area contributed by atoms with E-state index in [-0.39, 0.29) is 28.8 Å². The van der Waals surface area contributed by atoms with Gasteiger partial charge in [0.1, 0.15) is 5.82 Å². The van der Waals surface area contributed by atoms with Gasteiger partial charge in [-0.05, 0) is 35.8 Å². The lowest BCUT2D eigenvalue weighted by atomic mass is 10.0. The van der Waals surface area contributed by atoms with Crippen LogP contribution < -0.4 is 15.1 Å². The van der Waals surface area contributed by atoms with Gasteiger partial charge in [-0.25, -0.2) is 9.18 Å². The van der Waals surface area contributed by atoms with Crippen molar-refractivity contribution < 1.29 is 39.7 Å². The predicted octanol–water partition coefficient (Wildman–Crippen LogP) is 3.29. The van der Waals surface area contributed by atoms with Gasteiger partial charge in [0.25, 0.3) is 5.56 Å². The first-order chi connectivity index (χ1) is 13.8. The number of carbonyl (C=O) groups excluding carboxylic acids is 1. The van der Waals surface area contributed by atoms with Crippen LogP contribution in [0.5, 0.6) is 5.75 Å². The van der Waals surface area contributed by atoms with Crippen LogP contribution in [0.1, 0.15) is 30.2 Å². The lowest BCUT2D eigenvalue weighted by Crippen LogP contribution is -2.37. The first-order valence-electron chi connectivity index (χ1n) is 8.33. The Kier molecular flexibility index (Phi) is 5.52. The Morgan fingerprint density at radius 2 is 2.03 bits per heavy atom. The average molecular weight is 517 g/mol. The van der Waals surface area contributed by atoms with E-state index < -0.39 is 55.7 Å². The number of hydrogen-bond donors (Lipinski definition) is 1. The van der Waals surface area contributed by atoms with Crippen LogP contribution in [0, 0.1) is 5.82 Å². The van der Waals surface area contributed by atoms with E-state index in [1.807, 2.05) is 0 Å². The summed E-state index contributed by atoms with van der Waals surface area (Å²) < 4.78 is 86.4. The van der Waals surface area contributed by atoms with Crippen molar-refractivity contribution in [3.8, 4) is 5.75 Å². The van der Waals surface area contributed by atoms with Gasteiger partial charge in [-0.3, -0.25) is 4.79 Å². The van der Waals surface area contributed by atoms with Crippen molar-refractivity contribution >= 4 is 48.6 Å². The fourth-order valence-electron chi connectivity index (χ4n) is 3.04. The van der Waals surface area contributed by atoms with Gasteiger partial charge >= 0.3 is 21.6 Å². The van der Waals surface area contributed by atoms with E-state index in [9.17, 15) is 35.6 Å². The molecule has 0 saturated carbocycles. The van der Waals surface area contributed by atoms with Crippen LogP contribution >= 0.6 is 15.9 Å². The van der Waals surface area contributed by atoms with Crippen molar-refractivity contribution in [1.29, 1.82) is 0 Å². The number of nitrogens with one attached hydrogen (secondary N) is 1. The maximum atomic E-state index is 14.5. The van der Waals surface area contributed by atoms with Crippen molar-refractivity contribution in [2.45, 2.75) is 25.4 Å². The third-order valence-electron chi connectivity index (χ3n) is 4.31. The first kappa shape index (κ1) is 22.3. The molecule has 1 aliphatic heterocycles. The fraction of sp³-hybridized carbons (Fsp3) is 0.375. The molecule has 8 nitrogen and oxygen atoms in total. The second-order valence-corrected chi connectivity index (χ2v) is 8.59. The summed E-state index contributed by atoms with van der Waals surface area (Å²) in [6.45, 7) is 2.79. The quantitative estimate of drug-likeness (QED) is 0.287. The molecule has 0 bridgehead atoms. The summed E-state index contributed by atoms with van der Waals surface area (Å²) in [5, 5.41) is 2.29. The molecule has 30 heavy (non-hydrogen) atoms. The number of esters is 1. The first-order valence-corrected chi connectivity index (χ1v) is 10.5. The molecular formula is C16H13BrF4N2O6S. The van der Waals surface area contributed by atoms with E-state index in [1.54, 1.807) is 6.92 Å². The largest absolute Gasteiger partial charge is 0.534 e. The van der Waals surface area contributed by atoms with Gasteiger partial charge in [0.05, 0.1) is 28.3 Å². The van der Waals surface area contributed by atoms with Crippen molar-refractivity contribution in [2.75, 3.05) is 18.5 Å². The highest BCUT2D eigenvalue weighted by Gasteiger charge is 2.50. The Morgan fingerprint density at radius 1 is 1.40 bits per heavy atom. The number of alkyl halides is 3. The molecule has 2 heterocycles. The van der Waals surface area contributed by atoms with Gasteiger partial charge in [-0.1, -0.05) is 0 Å². The molecule has 1 aromatic carbocycles. The zero-order chi connectivity index (χ0) is 22.6. The highest BCUT2D eigenvalue weighted by atomic mass is 79.9. The van der Waals surface area contributed by atoms with Crippen LogP contribution in [0.15, 0.2) is 15.3 Å². The molecule has 2 aromatic rings. The Hall–Kier alpha value is -2.35. The molecule has 0 aliphatic carbocycles. The number of nitrogens with zero attached hydrogens (tertiary/aromatic N) is 1. The molecule has 14 heteroatoms. The summed E-state index contributed by atoms with van der Waals surface area (Å²) in [5.74, 6) is -3.66. The minimum Gasteiger partial charge on any atom is -0.462 e. The minimum atomic E-state index is -6.29. The monoisotopic (exact) mass is 516 g/mol. The molecule has 0 amide bonds. The maximum Gasteiger partial charge on any atom is 0.534 e. The molecule has 1 atom stereocenters. The van der Waals surface area contributed by atoms with Gasteiger partial charge in [-0.2, -0.15) is 21.6 Å². The molecule has 0 unspecified atom stereocenters. The molecule has 3 rings (SSSR count). The van der Waals surface area contributed by atoms with Gasteiger partial charge in [0.2, 0.25) is 0 Å². The minimum absolute atomic E-state index is 0.00938. The number of pyridine rings is 1. The Balaban J connectivity index is 2.53. The molecule has 0 radical (unpaired) electrons. The van der Waals surface area contributed by atoms with Crippen molar-refractivity contribution in [3.05, 3.63) is 32.3 Å². The van der Waals surface area contributed by atoms with Gasteiger partial charge in [0.15, 0.2) is 11.3 Å². The zero-order valence-corrected chi connectivity index (χ0v) is 17.7. The smallest absolute Gasteiger partial charge is 0.462 e. The summed E-state index contributed by atoms with van der Waals surface area (Å²) in [4.78, 5) is 25.4. The Morgan fingerprint density at radius 3 is 2.60 bits per heavy atom. The maximum absolute atomic E-state index is 14.5. The summed E-state index contributed by atoms with van der Waals surface area (Å²) in [7, 11) is -6.29. The highest BCUT2D eigenvalue weighted by molar-refractivity contribution is 9.10. The van der Waals surface area contributed by atoms with Crippen LogP contribution in [-0.4, -0.2) is 37.6 Å². The highest BCUT2D eigenvalue weighted by Crippen LogP contribution is 2.42. The number of anilines is 1. The van der Waals surface area contributed by atoms with Crippen molar-refractivity contribution in [2.24, 2.45) is 0 Å². The number of aromatic nitrogens is 1. The molecule has 164 valence electrons. The number of rotatable bonds is 4. The lowest BCUT2D eigenvalue weighted by molar-refractivity contribution is -0.0500. The van der Waals surface area contributed by atoms with E-state index in [1.165, 1.54) is 6.92 Å². The van der Waals surface area contributed by atoms with E-state index in [2.05, 4.69) is 25.4 Å². The Labute approximate surface area is 175 Å². The topological polar surface area (TPSA) is 104 Å². The molecule has 1 aromatic heterocycles. The summed E-state index contributed by atoms with van der Waals surface area (Å²) in [6, 6.07) is 0.0500. The molecular weight excluding hydrogens is 504 g/mol.